The van der Waals surface area contributed by atoms with E-state index in [1.54, 1.807) is 18.4 Å². The Morgan fingerprint density at radius 1 is 1.50 bits per heavy atom. The molecule has 0 unspecified atom stereocenters. The minimum Gasteiger partial charge on any atom is -0.385 e. The number of rotatable bonds is 10. The second-order valence-electron chi connectivity index (χ2n) is 5.74. The zero-order chi connectivity index (χ0) is 16.8. The molecule has 0 aromatic carbocycles. The number of hydrogen-bond acceptors (Lipinski definition) is 6. The monoisotopic (exact) mass is 366 g/mol. The predicted molar refractivity (Wildman–Crippen MR) is 95.6 cm³/mol. The van der Waals surface area contributed by atoms with Crippen LogP contribution in [0, 0.1) is 0 Å². The summed E-state index contributed by atoms with van der Waals surface area (Å²) in [5, 5.41) is 14.5. The van der Waals surface area contributed by atoms with E-state index < -0.39 is 0 Å². The molecule has 3 rings (SSSR count). The van der Waals surface area contributed by atoms with Gasteiger partial charge in [-0.1, -0.05) is 17.8 Å². The SMILES string of the molecule is COCCCNC(=O)CSc1nnc(Cc2cccs2)n1C1CC1. The molecule has 24 heavy (non-hydrogen) atoms. The third kappa shape index (κ3) is 4.81. The lowest BCUT2D eigenvalue weighted by atomic mass is 10.3. The highest BCUT2D eigenvalue weighted by Gasteiger charge is 2.29. The Labute approximate surface area is 150 Å². The molecule has 1 amide bonds. The molecule has 1 fully saturated rings. The Balaban J connectivity index is 1.55. The van der Waals surface area contributed by atoms with Gasteiger partial charge in [0.1, 0.15) is 5.82 Å². The van der Waals surface area contributed by atoms with Crippen molar-refractivity contribution in [1.82, 2.24) is 20.1 Å². The van der Waals surface area contributed by atoms with Crippen LogP contribution in [0.2, 0.25) is 0 Å². The molecule has 6 nitrogen and oxygen atoms in total. The maximum Gasteiger partial charge on any atom is 0.230 e. The van der Waals surface area contributed by atoms with Crippen LogP contribution in [-0.2, 0) is 16.0 Å². The Morgan fingerprint density at radius 2 is 2.38 bits per heavy atom. The lowest BCUT2D eigenvalue weighted by Gasteiger charge is -2.08. The van der Waals surface area contributed by atoms with Crippen molar-refractivity contribution in [3.05, 3.63) is 28.2 Å². The molecule has 0 atom stereocenters. The second-order valence-corrected chi connectivity index (χ2v) is 7.72. The van der Waals surface area contributed by atoms with Crippen molar-refractivity contribution in [3.63, 3.8) is 0 Å². The van der Waals surface area contributed by atoms with Crippen LogP contribution in [0.1, 0.15) is 36.0 Å². The predicted octanol–water partition coefficient (Wildman–Crippen LogP) is 2.51. The Hall–Kier alpha value is -1.38. The van der Waals surface area contributed by atoms with Crippen LogP contribution in [0.15, 0.2) is 22.7 Å². The summed E-state index contributed by atoms with van der Waals surface area (Å²) >= 11 is 3.21. The summed E-state index contributed by atoms with van der Waals surface area (Å²) in [5.74, 6) is 1.40. The number of nitrogens with one attached hydrogen (secondary N) is 1. The molecule has 0 spiro atoms. The number of nitrogens with zero attached hydrogens (tertiary/aromatic N) is 3. The third-order valence-corrected chi connectivity index (χ3v) is 5.56. The van der Waals surface area contributed by atoms with Gasteiger partial charge in [-0.15, -0.1) is 21.5 Å². The highest BCUT2D eigenvalue weighted by molar-refractivity contribution is 7.99. The molecule has 1 saturated carbocycles. The van der Waals surface area contributed by atoms with Crippen LogP contribution >= 0.6 is 23.1 Å². The van der Waals surface area contributed by atoms with E-state index in [9.17, 15) is 4.79 Å². The number of methoxy groups -OCH3 is 1. The smallest absolute Gasteiger partial charge is 0.230 e. The summed E-state index contributed by atoms with van der Waals surface area (Å²) in [4.78, 5) is 13.2. The second kappa shape index (κ2) is 8.64. The molecular formula is C16H22N4O2S2. The van der Waals surface area contributed by atoms with E-state index in [-0.39, 0.29) is 5.91 Å². The van der Waals surface area contributed by atoms with Gasteiger partial charge >= 0.3 is 0 Å². The Bertz CT molecular complexity index is 653. The molecule has 0 aliphatic heterocycles. The zero-order valence-corrected chi connectivity index (χ0v) is 15.4. The van der Waals surface area contributed by atoms with E-state index in [4.69, 9.17) is 4.74 Å². The maximum atomic E-state index is 11.9. The molecule has 1 N–H and O–H groups in total. The number of ether oxygens (including phenoxy) is 1. The van der Waals surface area contributed by atoms with Crippen LogP contribution in [0.4, 0.5) is 0 Å². The van der Waals surface area contributed by atoms with Gasteiger partial charge in [-0.2, -0.15) is 0 Å². The zero-order valence-electron chi connectivity index (χ0n) is 13.7. The fourth-order valence-corrected chi connectivity index (χ4v) is 3.98. The molecule has 130 valence electrons. The minimum absolute atomic E-state index is 0.0289. The number of thiophene rings is 1. The van der Waals surface area contributed by atoms with Crippen molar-refractivity contribution in [2.24, 2.45) is 0 Å². The summed E-state index contributed by atoms with van der Waals surface area (Å²) in [5.41, 5.74) is 0. The summed E-state index contributed by atoms with van der Waals surface area (Å²) in [6.45, 7) is 1.31. The Morgan fingerprint density at radius 3 is 3.08 bits per heavy atom. The van der Waals surface area contributed by atoms with E-state index in [1.165, 1.54) is 29.5 Å². The average molecular weight is 367 g/mol. The summed E-state index contributed by atoms with van der Waals surface area (Å²) < 4.78 is 7.20. The van der Waals surface area contributed by atoms with E-state index in [1.807, 2.05) is 0 Å². The highest BCUT2D eigenvalue weighted by Crippen LogP contribution is 2.39. The fraction of sp³-hybridized carbons (Fsp3) is 0.562. The third-order valence-electron chi connectivity index (χ3n) is 3.74. The molecule has 8 heteroatoms. The van der Waals surface area contributed by atoms with Crippen molar-refractivity contribution < 1.29 is 9.53 Å². The summed E-state index contributed by atoms with van der Waals surface area (Å²) in [6.07, 6.45) is 3.99. The average Bonchev–Trinajstić information content (AvgIpc) is 3.13. The Kier molecular flexibility index (Phi) is 6.28. The van der Waals surface area contributed by atoms with E-state index >= 15 is 0 Å². The van der Waals surface area contributed by atoms with Crippen molar-refractivity contribution in [2.75, 3.05) is 26.0 Å². The van der Waals surface area contributed by atoms with Gasteiger partial charge in [-0.25, -0.2) is 0 Å². The molecule has 2 heterocycles. The van der Waals surface area contributed by atoms with E-state index in [0.717, 1.165) is 23.8 Å². The van der Waals surface area contributed by atoms with Gasteiger partial charge in [0, 0.05) is 37.6 Å². The molecule has 2 aromatic heterocycles. The van der Waals surface area contributed by atoms with Gasteiger partial charge in [0.2, 0.25) is 5.91 Å². The summed E-state index contributed by atoms with van der Waals surface area (Å²) in [6, 6.07) is 4.68. The first-order valence-corrected chi connectivity index (χ1v) is 9.99. The van der Waals surface area contributed by atoms with Crippen LogP contribution in [0.3, 0.4) is 0 Å². The van der Waals surface area contributed by atoms with Crippen molar-refractivity contribution in [1.29, 1.82) is 0 Å². The molecule has 1 aliphatic rings. The van der Waals surface area contributed by atoms with Gasteiger partial charge in [-0.3, -0.25) is 4.79 Å². The molecule has 0 bridgehead atoms. The van der Waals surface area contributed by atoms with Gasteiger partial charge in [-0.05, 0) is 30.7 Å². The van der Waals surface area contributed by atoms with Crippen LogP contribution in [-0.4, -0.2) is 46.7 Å². The van der Waals surface area contributed by atoms with Crippen molar-refractivity contribution in [3.8, 4) is 0 Å². The highest BCUT2D eigenvalue weighted by atomic mass is 32.2. The van der Waals surface area contributed by atoms with Crippen LogP contribution in [0.25, 0.3) is 0 Å². The largest absolute Gasteiger partial charge is 0.385 e. The lowest BCUT2D eigenvalue weighted by Crippen LogP contribution is -2.27. The van der Waals surface area contributed by atoms with Gasteiger partial charge in [0.25, 0.3) is 0 Å². The number of carbonyl (C=O) groups excluding carboxylic acids is 1. The maximum absolute atomic E-state index is 11.9. The molecule has 0 saturated heterocycles. The lowest BCUT2D eigenvalue weighted by molar-refractivity contribution is -0.118. The molecule has 2 aromatic rings. The quantitative estimate of drug-likeness (QED) is 0.517. The summed E-state index contributed by atoms with van der Waals surface area (Å²) in [7, 11) is 1.66. The standard InChI is InChI=1S/C16H22N4O2S2/c1-22-8-3-7-17-15(21)11-24-16-19-18-14(20(16)12-5-6-12)10-13-4-2-9-23-13/h2,4,9,12H,3,5-8,10-11H2,1H3,(H,17,21). The number of aromatic nitrogens is 3. The van der Waals surface area contributed by atoms with Crippen LogP contribution in [0.5, 0.6) is 0 Å². The normalized spacial score (nSPS) is 14.0. The first-order valence-electron chi connectivity index (χ1n) is 8.12. The topological polar surface area (TPSA) is 69.0 Å². The van der Waals surface area contributed by atoms with Gasteiger partial charge in [0.05, 0.1) is 5.75 Å². The number of thioether (sulfide) groups is 1. The molecule has 1 aliphatic carbocycles. The number of hydrogen-bond donors (Lipinski definition) is 1. The van der Waals surface area contributed by atoms with Gasteiger partial charge < -0.3 is 14.6 Å². The first kappa shape index (κ1) is 17.4. The molecular weight excluding hydrogens is 344 g/mol. The fourth-order valence-electron chi connectivity index (χ4n) is 2.42. The van der Waals surface area contributed by atoms with E-state index in [2.05, 4.69) is 37.6 Å². The number of carbonyl (C=O) groups is 1. The molecule has 0 radical (unpaired) electrons. The van der Waals surface area contributed by atoms with E-state index in [0.29, 0.717) is 24.9 Å². The minimum atomic E-state index is 0.0289. The van der Waals surface area contributed by atoms with Gasteiger partial charge in [0.15, 0.2) is 5.16 Å². The van der Waals surface area contributed by atoms with Crippen molar-refractivity contribution in [2.45, 2.75) is 36.9 Å². The van der Waals surface area contributed by atoms with Crippen LogP contribution < -0.4 is 5.32 Å². The number of amides is 1. The first-order chi connectivity index (χ1) is 11.8. The van der Waals surface area contributed by atoms with Crippen molar-refractivity contribution >= 4 is 29.0 Å².